The summed E-state index contributed by atoms with van der Waals surface area (Å²) in [4.78, 5) is 0. The molecular formula is C45H25N5. The highest BCUT2D eigenvalue weighted by Gasteiger charge is 2.19. The number of nitrogens with zero attached hydrogens (tertiary/aromatic N) is 5. The van der Waals surface area contributed by atoms with Crippen LogP contribution in [-0.4, -0.2) is 9.13 Å². The minimum Gasteiger partial charge on any atom is -0.309 e. The van der Waals surface area contributed by atoms with Crippen molar-refractivity contribution in [3.8, 4) is 51.8 Å². The third-order valence-corrected chi connectivity index (χ3v) is 9.63. The van der Waals surface area contributed by atoms with Crippen molar-refractivity contribution in [1.82, 2.24) is 9.13 Å². The Balaban J connectivity index is 1.20. The van der Waals surface area contributed by atoms with Crippen molar-refractivity contribution in [3.05, 3.63) is 168 Å². The standard InChI is InChI=1S/C45H25N5/c46-26-29-19-22-44-40(23-29)38-14-3-5-17-42(38)49(44)34-20-21-35(33(25-34)28-48)30-9-7-10-31(24-30)36-12-1-4-16-41(36)50-43-18-6-2-13-37(43)39-15-8-11-32(27-47)45(39)50/h1-25H. The third-order valence-electron chi connectivity index (χ3n) is 9.63. The number of benzene rings is 7. The summed E-state index contributed by atoms with van der Waals surface area (Å²) in [6.45, 7) is 0. The lowest BCUT2D eigenvalue weighted by atomic mass is 9.95. The van der Waals surface area contributed by atoms with Crippen molar-refractivity contribution >= 4 is 43.6 Å². The van der Waals surface area contributed by atoms with E-state index in [0.29, 0.717) is 16.7 Å². The van der Waals surface area contributed by atoms with Gasteiger partial charge < -0.3 is 9.13 Å². The molecule has 0 atom stereocenters. The lowest BCUT2D eigenvalue weighted by molar-refractivity contribution is 1.18. The second kappa shape index (κ2) is 11.4. The lowest BCUT2D eigenvalue weighted by Crippen LogP contribution is -1.99. The zero-order valence-corrected chi connectivity index (χ0v) is 26.7. The van der Waals surface area contributed by atoms with E-state index in [9.17, 15) is 15.8 Å². The van der Waals surface area contributed by atoms with Crippen LogP contribution in [0.2, 0.25) is 0 Å². The maximum Gasteiger partial charge on any atom is 0.101 e. The molecule has 0 N–H and O–H groups in total. The molecule has 0 bridgehead atoms. The fraction of sp³-hybridized carbons (Fsp3) is 0. The van der Waals surface area contributed by atoms with Crippen LogP contribution in [0.25, 0.3) is 77.2 Å². The Hall–Kier alpha value is -7.39. The third kappa shape index (κ3) is 4.31. The lowest BCUT2D eigenvalue weighted by Gasteiger charge is -2.16. The zero-order chi connectivity index (χ0) is 33.8. The van der Waals surface area contributed by atoms with Crippen molar-refractivity contribution in [1.29, 1.82) is 15.8 Å². The molecule has 5 nitrogen and oxygen atoms in total. The Morgan fingerprint density at radius 3 is 1.82 bits per heavy atom. The molecule has 2 heterocycles. The highest BCUT2D eigenvalue weighted by molar-refractivity contribution is 6.12. The van der Waals surface area contributed by atoms with E-state index in [1.54, 1.807) is 0 Å². The van der Waals surface area contributed by atoms with E-state index >= 15 is 0 Å². The summed E-state index contributed by atoms with van der Waals surface area (Å²) in [5.74, 6) is 0. The Morgan fingerprint density at radius 1 is 0.400 bits per heavy atom. The van der Waals surface area contributed by atoms with Gasteiger partial charge in [0.15, 0.2) is 0 Å². The first-order chi connectivity index (χ1) is 24.7. The predicted molar refractivity (Wildman–Crippen MR) is 200 cm³/mol. The van der Waals surface area contributed by atoms with Crippen molar-refractivity contribution in [3.63, 3.8) is 0 Å². The SMILES string of the molecule is N#Cc1ccc2c(c1)c1ccccc1n2-c1ccc(-c2cccc(-c3ccccc3-n3c4ccccc4c4cccc(C#N)c43)c2)c(C#N)c1. The van der Waals surface area contributed by atoms with Gasteiger partial charge in [-0.25, -0.2) is 0 Å². The Kier molecular flexibility index (Phi) is 6.56. The number of para-hydroxylation sites is 4. The van der Waals surface area contributed by atoms with Gasteiger partial charge in [0.1, 0.15) is 6.07 Å². The van der Waals surface area contributed by atoms with Gasteiger partial charge in [0, 0.05) is 32.8 Å². The second-order valence-electron chi connectivity index (χ2n) is 12.3. The largest absolute Gasteiger partial charge is 0.309 e. The number of nitriles is 3. The maximum absolute atomic E-state index is 10.5. The van der Waals surface area contributed by atoms with Crippen LogP contribution in [-0.2, 0) is 0 Å². The Bertz CT molecular complexity index is 2970. The molecular weight excluding hydrogens is 611 g/mol. The van der Waals surface area contributed by atoms with Crippen LogP contribution >= 0.6 is 0 Å². The van der Waals surface area contributed by atoms with E-state index in [-0.39, 0.29) is 0 Å². The van der Waals surface area contributed by atoms with Crippen molar-refractivity contribution in [2.45, 2.75) is 0 Å². The van der Waals surface area contributed by atoms with E-state index in [1.165, 1.54) is 0 Å². The molecule has 0 amide bonds. The molecule has 0 aliphatic rings. The molecule has 9 aromatic rings. The first-order valence-corrected chi connectivity index (χ1v) is 16.3. The normalized spacial score (nSPS) is 11.1. The molecule has 0 unspecified atom stereocenters. The van der Waals surface area contributed by atoms with Crippen molar-refractivity contribution in [2.75, 3.05) is 0 Å². The van der Waals surface area contributed by atoms with Gasteiger partial charge in [-0.05, 0) is 77.4 Å². The van der Waals surface area contributed by atoms with Crippen LogP contribution in [0, 0.1) is 34.0 Å². The van der Waals surface area contributed by atoms with Gasteiger partial charge in [-0.3, -0.25) is 0 Å². The van der Waals surface area contributed by atoms with E-state index < -0.39 is 0 Å². The molecule has 0 fully saturated rings. The average molecular weight is 636 g/mol. The Labute approximate surface area is 287 Å². The minimum atomic E-state index is 0.563. The second-order valence-corrected chi connectivity index (χ2v) is 12.3. The quantitative estimate of drug-likeness (QED) is 0.193. The summed E-state index contributed by atoms with van der Waals surface area (Å²) in [6, 6.07) is 57.8. The fourth-order valence-electron chi connectivity index (χ4n) is 7.46. The molecule has 9 rings (SSSR count). The fourth-order valence-corrected chi connectivity index (χ4v) is 7.46. The average Bonchev–Trinajstić information content (AvgIpc) is 3.70. The van der Waals surface area contributed by atoms with E-state index in [2.05, 4.69) is 88.0 Å². The van der Waals surface area contributed by atoms with Crippen LogP contribution in [0.4, 0.5) is 0 Å². The molecule has 0 spiro atoms. The number of aromatic nitrogens is 2. The molecule has 0 saturated carbocycles. The molecule has 7 aromatic carbocycles. The van der Waals surface area contributed by atoms with E-state index in [4.69, 9.17) is 0 Å². The van der Waals surface area contributed by atoms with E-state index in [0.717, 1.165) is 77.2 Å². The van der Waals surface area contributed by atoms with Crippen LogP contribution in [0.3, 0.4) is 0 Å². The summed E-state index contributed by atoms with van der Waals surface area (Å²) >= 11 is 0. The van der Waals surface area contributed by atoms with Gasteiger partial charge in [-0.15, -0.1) is 0 Å². The van der Waals surface area contributed by atoms with Gasteiger partial charge in [0.2, 0.25) is 0 Å². The monoisotopic (exact) mass is 635 g/mol. The molecule has 2 aromatic heterocycles. The number of hydrogen-bond donors (Lipinski definition) is 0. The first kappa shape index (κ1) is 28.8. The van der Waals surface area contributed by atoms with Crippen molar-refractivity contribution in [2.24, 2.45) is 0 Å². The summed E-state index contributed by atoms with van der Waals surface area (Å²) in [5.41, 5.74) is 11.3. The smallest absolute Gasteiger partial charge is 0.101 e. The summed E-state index contributed by atoms with van der Waals surface area (Å²) in [6.07, 6.45) is 0. The summed E-state index contributed by atoms with van der Waals surface area (Å²) in [5, 5.41) is 34.3. The van der Waals surface area contributed by atoms with Crippen LogP contribution in [0.5, 0.6) is 0 Å². The van der Waals surface area contributed by atoms with Gasteiger partial charge in [0.05, 0.1) is 56.6 Å². The van der Waals surface area contributed by atoms with Gasteiger partial charge in [0.25, 0.3) is 0 Å². The highest BCUT2D eigenvalue weighted by Crippen LogP contribution is 2.39. The minimum absolute atomic E-state index is 0.563. The van der Waals surface area contributed by atoms with Gasteiger partial charge in [-0.1, -0.05) is 91.0 Å². The molecule has 0 aliphatic carbocycles. The molecule has 0 radical (unpaired) electrons. The molecule has 50 heavy (non-hydrogen) atoms. The van der Waals surface area contributed by atoms with Gasteiger partial charge >= 0.3 is 0 Å². The summed E-state index contributed by atoms with van der Waals surface area (Å²) < 4.78 is 4.36. The van der Waals surface area contributed by atoms with Crippen LogP contribution < -0.4 is 0 Å². The summed E-state index contributed by atoms with van der Waals surface area (Å²) in [7, 11) is 0. The molecule has 5 heteroatoms. The van der Waals surface area contributed by atoms with Crippen molar-refractivity contribution < 1.29 is 0 Å². The number of fused-ring (bicyclic) bond motifs is 6. The first-order valence-electron chi connectivity index (χ1n) is 16.3. The van der Waals surface area contributed by atoms with E-state index in [1.807, 2.05) is 91.0 Å². The highest BCUT2D eigenvalue weighted by atomic mass is 15.0. The van der Waals surface area contributed by atoms with Crippen LogP contribution in [0.15, 0.2) is 152 Å². The number of hydrogen-bond acceptors (Lipinski definition) is 3. The molecule has 0 aliphatic heterocycles. The molecule has 230 valence electrons. The van der Waals surface area contributed by atoms with Crippen LogP contribution in [0.1, 0.15) is 16.7 Å². The topological polar surface area (TPSA) is 81.2 Å². The number of rotatable bonds is 4. The maximum atomic E-state index is 10.5. The van der Waals surface area contributed by atoms with Gasteiger partial charge in [-0.2, -0.15) is 15.8 Å². The zero-order valence-electron chi connectivity index (χ0n) is 26.7. The predicted octanol–water partition coefficient (Wildman–Crippen LogP) is 10.8. The molecule has 0 saturated heterocycles. The Morgan fingerprint density at radius 2 is 1.04 bits per heavy atom.